The van der Waals surface area contributed by atoms with Crippen LogP contribution in [0.3, 0.4) is 0 Å². The SMILES string of the molecule is NC(=S)C1(C(=O)Nc2c(Br)cccc2Br)CCCCC1. The molecule has 0 aliphatic heterocycles. The summed E-state index contributed by atoms with van der Waals surface area (Å²) in [7, 11) is 0. The van der Waals surface area contributed by atoms with Crippen molar-refractivity contribution in [3.05, 3.63) is 27.1 Å². The summed E-state index contributed by atoms with van der Waals surface area (Å²) in [6.45, 7) is 0. The molecule has 0 unspecified atom stereocenters. The highest BCUT2D eigenvalue weighted by Gasteiger charge is 2.42. The van der Waals surface area contributed by atoms with Crippen LogP contribution in [0.1, 0.15) is 32.1 Å². The van der Waals surface area contributed by atoms with E-state index in [9.17, 15) is 4.79 Å². The van der Waals surface area contributed by atoms with E-state index in [0.29, 0.717) is 4.99 Å². The number of halogens is 2. The fourth-order valence-electron chi connectivity index (χ4n) is 2.59. The van der Waals surface area contributed by atoms with Crippen LogP contribution in [0.4, 0.5) is 5.69 Å². The molecule has 1 amide bonds. The predicted molar refractivity (Wildman–Crippen MR) is 92.8 cm³/mol. The van der Waals surface area contributed by atoms with E-state index in [4.69, 9.17) is 18.0 Å². The van der Waals surface area contributed by atoms with Crippen LogP contribution in [0.25, 0.3) is 0 Å². The Morgan fingerprint density at radius 1 is 1.20 bits per heavy atom. The van der Waals surface area contributed by atoms with Gasteiger partial charge in [-0.15, -0.1) is 0 Å². The van der Waals surface area contributed by atoms with E-state index in [1.165, 1.54) is 0 Å². The molecule has 0 spiro atoms. The van der Waals surface area contributed by atoms with Crippen LogP contribution in [0.15, 0.2) is 27.1 Å². The Morgan fingerprint density at radius 2 is 1.75 bits per heavy atom. The predicted octanol–water partition coefficient (Wildman–Crippen LogP) is 4.39. The Morgan fingerprint density at radius 3 is 2.25 bits per heavy atom. The minimum atomic E-state index is -0.706. The lowest BCUT2D eigenvalue weighted by Crippen LogP contribution is -2.47. The van der Waals surface area contributed by atoms with E-state index >= 15 is 0 Å². The summed E-state index contributed by atoms with van der Waals surface area (Å²) in [5.74, 6) is -0.0997. The minimum absolute atomic E-state index is 0.0997. The molecule has 3 nitrogen and oxygen atoms in total. The molecular formula is C14H16Br2N2OS. The van der Waals surface area contributed by atoms with Gasteiger partial charge in [0.05, 0.1) is 16.1 Å². The molecule has 1 fully saturated rings. The molecule has 0 heterocycles. The number of hydrogen-bond donors (Lipinski definition) is 2. The lowest BCUT2D eigenvalue weighted by molar-refractivity contribution is -0.123. The van der Waals surface area contributed by atoms with E-state index in [1.807, 2.05) is 18.2 Å². The lowest BCUT2D eigenvalue weighted by Gasteiger charge is -2.35. The van der Waals surface area contributed by atoms with Gasteiger partial charge < -0.3 is 11.1 Å². The molecule has 1 aromatic carbocycles. The fourth-order valence-corrected chi connectivity index (χ4v) is 4.08. The summed E-state index contributed by atoms with van der Waals surface area (Å²) in [4.78, 5) is 13.0. The fraction of sp³-hybridized carbons (Fsp3) is 0.429. The number of thiocarbonyl (C=S) groups is 1. The number of hydrogen-bond acceptors (Lipinski definition) is 2. The molecule has 20 heavy (non-hydrogen) atoms. The van der Waals surface area contributed by atoms with Gasteiger partial charge in [0.1, 0.15) is 0 Å². The van der Waals surface area contributed by atoms with Crippen molar-refractivity contribution in [3.8, 4) is 0 Å². The topological polar surface area (TPSA) is 55.1 Å². The molecule has 1 aliphatic rings. The highest BCUT2D eigenvalue weighted by molar-refractivity contribution is 9.11. The zero-order chi connectivity index (χ0) is 14.8. The van der Waals surface area contributed by atoms with Gasteiger partial charge in [0, 0.05) is 8.95 Å². The van der Waals surface area contributed by atoms with E-state index in [0.717, 1.165) is 46.7 Å². The molecule has 108 valence electrons. The van der Waals surface area contributed by atoms with Crippen LogP contribution < -0.4 is 11.1 Å². The van der Waals surface area contributed by atoms with E-state index < -0.39 is 5.41 Å². The van der Waals surface area contributed by atoms with Gasteiger partial charge in [-0.25, -0.2) is 0 Å². The van der Waals surface area contributed by atoms with Crippen molar-refractivity contribution in [3.63, 3.8) is 0 Å². The van der Waals surface area contributed by atoms with Crippen molar-refractivity contribution >= 4 is 60.7 Å². The molecule has 0 saturated heterocycles. The number of carbonyl (C=O) groups excluding carboxylic acids is 1. The first kappa shape index (κ1) is 15.9. The number of nitrogens with two attached hydrogens (primary N) is 1. The third kappa shape index (κ3) is 3.07. The number of rotatable bonds is 3. The standard InChI is InChI=1S/C14H16Br2N2OS/c15-9-5-4-6-10(16)11(9)18-13(19)14(12(17)20)7-2-1-3-8-14/h4-6H,1-3,7-8H2,(H2,17,20)(H,18,19). The maximum absolute atomic E-state index is 12.7. The van der Waals surface area contributed by atoms with Gasteiger partial charge in [0.15, 0.2) is 0 Å². The lowest BCUT2D eigenvalue weighted by atomic mass is 9.73. The van der Waals surface area contributed by atoms with Crippen molar-refractivity contribution in [2.75, 3.05) is 5.32 Å². The van der Waals surface area contributed by atoms with Gasteiger partial charge in [-0.1, -0.05) is 37.5 Å². The van der Waals surface area contributed by atoms with Gasteiger partial charge in [-0.05, 0) is 56.8 Å². The molecule has 6 heteroatoms. The maximum Gasteiger partial charge on any atom is 0.237 e. The van der Waals surface area contributed by atoms with Crippen molar-refractivity contribution in [1.29, 1.82) is 0 Å². The van der Waals surface area contributed by atoms with Crippen LogP contribution in [-0.2, 0) is 4.79 Å². The Labute approximate surface area is 140 Å². The average molecular weight is 420 g/mol. The van der Waals surface area contributed by atoms with Gasteiger partial charge in [0.25, 0.3) is 0 Å². The van der Waals surface area contributed by atoms with Gasteiger partial charge in [-0.3, -0.25) is 4.79 Å². The molecule has 0 bridgehead atoms. The number of benzene rings is 1. The van der Waals surface area contributed by atoms with Crippen molar-refractivity contribution in [1.82, 2.24) is 0 Å². The second kappa shape index (κ2) is 6.54. The molecule has 0 atom stereocenters. The Balaban J connectivity index is 2.28. The van der Waals surface area contributed by atoms with Gasteiger partial charge in [0.2, 0.25) is 5.91 Å². The molecule has 0 aromatic heterocycles. The zero-order valence-corrected chi connectivity index (χ0v) is 14.9. The first-order valence-electron chi connectivity index (χ1n) is 6.53. The summed E-state index contributed by atoms with van der Waals surface area (Å²) in [6, 6.07) is 5.66. The largest absolute Gasteiger partial charge is 0.392 e. The molecule has 1 aliphatic carbocycles. The molecule has 2 rings (SSSR count). The van der Waals surface area contributed by atoms with Crippen LogP contribution in [0.5, 0.6) is 0 Å². The Hall–Kier alpha value is -0.460. The first-order chi connectivity index (χ1) is 9.47. The smallest absolute Gasteiger partial charge is 0.237 e. The van der Waals surface area contributed by atoms with Crippen LogP contribution >= 0.6 is 44.1 Å². The zero-order valence-electron chi connectivity index (χ0n) is 10.9. The average Bonchev–Trinajstić information content (AvgIpc) is 2.43. The Kier molecular flexibility index (Phi) is 5.20. The summed E-state index contributed by atoms with van der Waals surface area (Å²) < 4.78 is 1.66. The quantitative estimate of drug-likeness (QED) is 0.714. The number of para-hydroxylation sites is 1. The highest BCUT2D eigenvalue weighted by Crippen LogP contribution is 2.39. The van der Waals surface area contributed by atoms with Gasteiger partial charge in [-0.2, -0.15) is 0 Å². The molecule has 3 N–H and O–H groups in total. The summed E-state index contributed by atoms with van der Waals surface area (Å²) >= 11 is 12.1. The number of amides is 1. The third-order valence-corrected chi connectivity index (χ3v) is 5.53. The minimum Gasteiger partial charge on any atom is -0.392 e. The van der Waals surface area contributed by atoms with E-state index in [2.05, 4.69) is 37.2 Å². The van der Waals surface area contributed by atoms with Crippen LogP contribution in [-0.4, -0.2) is 10.9 Å². The number of carbonyl (C=O) groups is 1. The third-order valence-electron chi connectivity index (χ3n) is 3.81. The molecular weight excluding hydrogens is 404 g/mol. The van der Waals surface area contributed by atoms with Crippen LogP contribution in [0, 0.1) is 5.41 Å². The van der Waals surface area contributed by atoms with E-state index in [1.54, 1.807) is 0 Å². The summed E-state index contributed by atoms with van der Waals surface area (Å²) in [6.07, 6.45) is 4.58. The van der Waals surface area contributed by atoms with Crippen molar-refractivity contribution in [2.24, 2.45) is 11.1 Å². The number of nitrogens with one attached hydrogen (secondary N) is 1. The van der Waals surface area contributed by atoms with E-state index in [-0.39, 0.29) is 5.91 Å². The molecule has 1 saturated carbocycles. The Bertz CT molecular complexity index is 522. The summed E-state index contributed by atoms with van der Waals surface area (Å²) in [5, 5.41) is 2.97. The first-order valence-corrected chi connectivity index (χ1v) is 8.52. The number of anilines is 1. The second-order valence-corrected chi connectivity index (χ2v) is 7.21. The van der Waals surface area contributed by atoms with Crippen molar-refractivity contribution in [2.45, 2.75) is 32.1 Å². The highest BCUT2D eigenvalue weighted by atomic mass is 79.9. The maximum atomic E-state index is 12.7. The second-order valence-electron chi connectivity index (χ2n) is 5.06. The molecule has 1 aromatic rings. The normalized spacial score (nSPS) is 17.5. The van der Waals surface area contributed by atoms with Crippen molar-refractivity contribution < 1.29 is 4.79 Å². The van der Waals surface area contributed by atoms with Crippen LogP contribution in [0.2, 0.25) is 0 Å². The summed E-state index contributed by atoms with van der Waals surface area (Å²) in [5.41, 5.74) is 5.89. The monoisotopic (exact) mass is 418 g/mol. The molecule has 0 radical (unpaired) electrons. The van der Waals surface area contributed by atoms with Gasteiger partial charge >= 0.3 is 0 Å².